The molecule has 2 atom stereocenters. The van der Waals surface area contributed by atoms with Crippen LogP contribution in [0.15, 0.2) is 0 Å². The number of hydrogen-bond acceptors (Lipinski definition) is 3. The van der Waals surface area contributed by atoms with Gasteiger partial charge in [-0.2, -0.15) is 0 Å². The van der Waals surface area contributed by atoms with Crippen molar-refractivity contribution in [2.24, 2.45) is 11.1 Å². The molecule has 0 bridgehead atoms. The highest BCUT2D eigenvalue weighted by Crippen LogP contribution is 2.38. The van der Waals surface area contributed by atoms with Gasteiger partial charge in [-0.15, -0.1) is 0 Å². The molecule has 0 radical (unpaired) electrons. The molecular formula is C11H20N2O3. The van der Waals surface area contributed by atoms with Crippen molar-refractivity contribution in [3.05, 3.63) is 0 Å². The Kier molecular flexibility index (Phi) is 3.02. The molecule has 1 amide bonds. The number of carboxylic acids is 1. The van der Waals surface area contributed by atoms with E-state index >= 15 is 0 Å². The minimum atomic E-state index is -1.21. The number of nitrogens with zero attached hydrogens (tertiary/aromatic N) is 1. The minimum Gasteiger partial charge on any atom is -0.479 e. The largest absolute Gasteiger partial charge is 0.479 e. The number of carboxylic acid groups (broad SMARTS) is 1. The fraction of sp³-hybridized carbons (Fsp3) is 0.818. The number of aliphatic carboxylic acids is 1. The summed E-state index contributed by atoms with van der Waals surface area (Å²) >= 11 is 0. The Bertz CT molecular complexity index is 322. The second-order valence-electron chi connectivity index (χ2n) is 5.51. The van der Waals surface area contributed by atoms with E-state index in [1.165, 1.54) is 4.90 Å². The monoisotopic (exact) mass is 228 g/mol. The fourth-order valence-electron chi connectivity index (χ4n) is 1.99. The summed E-state index contributed by atoms with van der Waals surface area (Å²) in [7, 11) is 0. The van der Waals surface area contributed by atoms with Gasteiger partial charge in [0, 0.05) is 6.54 Å². The zero-order chi connectivity index (χ0) is 12.7. The average Bonchev–Trinajstić information content (AvgIpc) is 2.44. The van der Waals surface area contributed by atoms with Gasteiger partial charge in [0.15, 0.2) is 0 Å². The molecule has 0 saturated carbocycles. The molecule has 1 heterocycles. The molecule has 1 aliphatic heterocycles. The van der Waals surface area contributed by atoms with E-state index in [4.69, 9.17) is 5.73 Å². The lowest BCUT2D eigenvalue weighted by Gasteiger charge is -2.44. The van der Waals surface area contributed by atoms with E-state index < -0.39 is 23.0 Å². The number of nitrogens with two attached hydrogens (primary N) is 1. The molecule has 16 heavy (non-hydrogen) atoms. The van der Waals surface area contributed by atoms with Crippen LogP contribution in [-0.2, 0) is 9.59 Å². The van der Waals surface area contributed by atoms with Crippen molar-refractivity contribution in [1.29, 1.82) is 0 Å². The highest BCUT2D eigenvalue weighted by atomic mass is 16.4. The Labute approximate surface area is 95.6 Å². The summed E-state index contributed by atoms with van der Waals surface area (Å²) in [6, 6.07) is -0.555. The van der Waals surface area contributed by atoms with Crippen molar-refractivity contribution in [3.8, 4) is 0 Å². The van der Waals surface area contributed by atoms with Crippen LogP contribution in [0.25, 0.3) is 0 Å². The Balaban J connectivity index is 3.15. The van der Waals surface area contributed by atoms with Crippen molar-refractivity contribution >= 4 is 11.9 Å². The van der Waals surface area contributed by atoms with Crippen LogP contribution < -0.4 is 5.73 Å². The normalized spacial score (nSPS) is 25.7. The summed E-state index contributed by atoms with van der Waals surface area (Å²) in [5.74, 6) is -1.25. The van der Waals surface area contributed by atoms with Gasteiger partial charge in [0.05, 0.1) is 6.04 Å². The summed E-state index contributed by atoms with van der Waals surface area (Å²) in [6.07, 6.45) is 0.526. The number of likely N-dealkylation sites (tertiary alicyclic amines) is 1. The first-order chi connectivity index (χ1) is 7.12. The van der Waals surface area contributed by atoms with Crippen molar-refractivity contribution in [3.63, 3.8) is 0 Å². The lowest BCUT2D eigenvalue weighted by molar-refractivity contribution is -0.164. The molecule has 5 nitrogen and oxygen atoms in total. The zero-order valence-corrected chi connectivity index (χ0v) is 10.3. The predicted molar refractivity (Wildman–Crippen MR) is 59.8 cm³/mol. The minimum absolute atomic E-state index is 0.264. The average molecular weight is 228 g/mol. The van der Waals surface area contributed by atoms with Gasteiger partial charge in [-0.3, -0.25) is 4.79 Å². The van der Waals surface area contributed by atoms with Crippen molar-refractivity contribution in [2.75, 3.05) is 6.54 Å². The topological polar surface area (TPSA) is 83.6 Å². The van der Waals surface area contributed by atoms with Gasteiger partial charge in [-0.05, 0) is 18.8 Å². The highest BCUT2D eigenvalue weighted by Gasteiger charge is 2.53. The molecule has 0 aliphatic carbocycles. The molecular weight excluding hydrogens is 208 g/mol. The lowest BCUT2D eigenvalue weighted by Crippen LogP contribution is -2.61. The van der Waals surface area contributed by atoms with E-state index in [1.54, 1.807) is 6.92 Å². The summed E-state index contributed by atoms with van der Waals surface area (Å²) in [6.45, 7) is 7.46. The molecule has 3 N–H and O–H groups in total. The number of hydrogen-bond donors (Lipinski definition) is 2. The second kappa shape index (κ2) is 3.73. The van der Waals surface area contributed by atoms with E-state index in [-0.39, 0.29) is 5.91 Å². The van der Waals surface area contributed by atoms with Crippen LogP contribution in [-0.4, -0.2) is 40.0 Å². The number of amides is 1. The maximum Gasteiger partial charge on any atom is 0.329 e. The van der Waals surface area contributed by atoms with E-state index in [9.17, 15) is 14.7 Å². The Morgan fingerprint density at radius 3 is 2.19 bits per heavy atom. The first-order valence-electron chi connectivity index (χ1n) is 5.43. The third-order valence-electron chi connectivity index (χ3n) is 3.66. The number of carbonyl (C=O) groups is 2. The van der Waals surface area contributed by atoms with Gasteiger partial charge in [0.2, 0.25) is 5.91 Å². The number of carbonyl (C=O) groups excluding carboxylic acids is 1. The summed E-state index contributed by atoms with van der Waals surface area (Å²) < 4.78 is 0. The van der Waals surface area contributed by atoms with Gasteiger partial charge < -0.3 is 15.7 Å². The standard InChI is InChI=1S/C11H20N2O3/c1-10(2,3)11(4,9(15)16)13-6-5-7(12)8(13)14/h7H,5-6,12H2,1-4H3,(H,15,16)/t7-,11+/m0/s1. The molecule has 0 aromatic carbocycles. The van der Waals surface area contributed by atoms with Crippen LogP contribution in [0, 0.1) is 5.41 Å². The van der Waals surface area contributed by atoms with Crippen molar-refractivity contribution in [1.82, 2.24) is 4.90 Å². The molecule has 0 unspecified atom stereocenters. The van der Waals surface area contributed by atoms with Crippen LogP contribution in [0.2, 0.25) is 0 Å². The summed E-state index contributed by atoms with van der Waals surface area (Å²) in [5.41, 5.74) is 3.87. The third-order valence-corrected chi connectivity index (χ3v) is 3.66. The maximum absolute atomic E-state index is 11.8. The smallest absolute Gasteiger partial charge is 0.329 e. The van der Waals surface area contributed by atoms with Crippen LogP contribution in [0.3, 0.4) is 0 Å². The van der Waals surface area contributed by atoms with Gasteiger partial charge in [0.25, 0.3) is 0 Å². The van der Waals surface area contributed by atoms with Crippen LogP contribution >= 0.6 is 0 Å². The third kappa shape index (κ3) is 1.69. The molecule has 5 heteroatoms. The first kappa shape index (κ1) is 13.0. The van der Waals surface area contributed by atoms with E-state index in [0.717, 1.165) is 0 Å². The zero-order valence-electron chi connectivity index (χ0n) is 10.3. The molecule has 0 aromatic rings. The predicted octanol–water partition coefficient (Wildman–Crippen LogP) is 0.435. The fourth-order valence-corrected chi connectivity index (χ4v) is 1.99. The molecule has 1 saturated heterocycles. The Hall–Kier alpha value is -1.10. The first-order valence-corrected chi connectivity index (χ1v) is 5.43. The van der Waals surface area contributed by atoms with E-state index in [0.29, 0.717) is 13.0 Å². The van der Waals surface area contributed by atoms with Crippen LogP contribution in [0.5, 0.6) is 0 Å². The quantitative estimate of drug-likeness (QED) is 0.718. The van der Waals surface area contributed by atoms with Gasteiger partial charge in [-0.25, -0.2) is 4.79 Å². The summed E-state index contributed by atoms with van der Waals surface area (Å²) in [4.78, 5) is 24.7. The van der Waals surface area contributed by atoms with E-state index in [1.807, 2.05) is 20.8 Å². The van der Waals surface area contributed by atoms with Gasteiger partial charge in [-0.1, -0.05) is 20.8 Å². The second-order valence-corrected chi connectivity index (χ2v) is 5.51. The molecule has 1 aliphatic rings. The highest BCUT2D eigenvalue weighted by molar-refractivity contribution is 5.91. The van der Waals surface area contributed by atoms with Crippen LogP contribution in [0.1, 0.15) is 34.1 Å². The summed E-state index contributed by atoms with van der Waals surface area (Å²) in [5, 5.41) is 9.40. The van der Waals surface area contributed by atoms with Crippen molar-refractivity contribution in [2.45, 2.75) is 45.7 Å². The van der Waals surface area contributed by atoms with E-state index in [2.05, 4.69) is 0 Å². The molecule has 0 spiro atoms. The SMILES string of the molecule is CC(C)(C)[C@@](C)(C(=O)O)N1CC[C@H](N)C1=O. The van der Waals surface area contributed by atoms with Gasteiger partial charge >= 0.3 is 5.97 Å². The Morgan fingerprint density at radius 2 is 1.94 bits per heavy atom. The van der Waals surface area contributed by atoms with Crippen LogP contribution in [0.4, 0.5) is 0 Å². The molecule has 0 aromatic heterocycles. The van der Waals surface area contributed by atoms with Crippen molar-refractivity contribution < 1.29 is 14.7 Å². The molecule has 92 valence electrons. The molecule has 1 rings (SSSR count). The Morgan fingerprint density at radius 1 is 1.44 bits per heavy atom. The molecule has 1 fully saturated rings. The van der Waals surface area contributed by atoms with Gasteiger partial charge in [0.1, 0.15) is 5.54 Å². The number of rotatable bonds is 2. The lowest BCUT2D eigenvalue weighted by atomic mass is 9.73. The maximum atomic E-state index is 11.8.